The lowest BCUT2D eigenvalue weighted by atomic mass is 9.93. The molecule has 2 N–H and O–H groups in total. The number of alkyl carbamates (subject to hydrolysis) is 1. The first-order valence-electron chi connectivity index (χ1n) is 13.1. The van der Waals surface area contributed by atoms with Gasteiger partial charge in [0.2, 0.25) is 11.8 Å². The van der Waals surface area contributed by atoms with E-state index in [0.29, 0.717) is 12.0 Å². The van der Waals surface area contributed by atoms with E-state index in [4.69, 9.17) is 9.47 Å². The monoisotopic (exact) mass is 519 g/mol. The van der Waals surface area contributed by atoms with E-state index in [1.807, 2.05) is 45.9 Å². The highest BCUT2D eigenvalue weighted by Crippen LogP contribution is 2.27. The third-order valence-electron chi connectivity index (χ3n) is 6.00. The smallest absolute Gasteiger partial charge is 0.408 e. The Labute approximate surface area is 221 Å². The van der Waals surface area contributed by atoms with Crippen LogP contribution in [0.4, 0.5) is 4.79 Å². The van der Waals surface area contributed by atoms with E-state index in [9.17, 15) is 19.2 Å². The van der Waals surface area contributed by atoms with E-state index in [1.54, 1.807) is 34.6 Å². The first-order valence-corrected chi connectivity index (χ1v) is 13.1. The molecule has 208 valence electrons. The van der Waals surface area contributed by atoms with Crippen molar-refractivity contribution in [3.05, 3.63) is 34.9 Å². The molecule has 0 radical (unpaired) electrons. The molecule has 0 aromatic heterocycles. The Kier molecular flexibility index (Phi) is 12.6. The predicted octanol–water partition coefficient (Wildman–Crippen LogP) is 4.20. The molecule has 9 nitrogen and oxygen atoms in total. The van der Waals surface area contributed by atoms with E-state index in [2.05, 4.69) is 10.6 Å². The third-order valence-corrected chi connectivity index (χ3v) is 6.00. The van der Waals surface area contributed by atoms with Crippen molar-refractivity contribution in [2.75, 3.05) is 19.7 Å². The van der Waals surface area contributed by atoms with Gasteiger partial charge in [-0.25, -0.2) is 4.79 Å². The summed E-state index contributed by atoms with van der Waals surface area (Å²) in [4.78, 5) is 53.4. The van der Waals surface area contributed by atoms with E-state index in [0.717, 1.165) is 11.1 Å². The summed E-state index contributed by atoms with van der Waals surface area (Å²) in [6.07, 6.45) is -0.0391. The quantitative estimate of drug-likeness (QED) is 0.400. The van der Waals surface area contributed by atoms with Gasteiger partial charge in [0.15, 0.2) is 0 Å². The number of hydrogen-bond donors (Lipinski definition) is 2. The zero-order valence-electron chi connectivity index (χ0n) is 23.9. The van der Waals surface area contributed by atoms with Crippen LogP contribution in [0, 0.1) is 19.8 Å². The molecule has 0 aliphatic carbocycles. The average Bonchev–Trinajstić information content (AvgIpc) is 2.80. The number of likely N-dealkylation sites (N-methyl/N-ethyl adjacent to an activating group) is 1. The summed E-state index contributed by atoms with van der Waals surface area (Å²) in [7, 11) is 0. The van der Waals surface area contributed by atoms with Crippen LogP contribution in [0.25, 0.3) is 0 Å². The van der Waals surface area contributed by atoms with Crippen LogP contribution in [0.1, 0.15) is 84.0 Å². The Hall–Kier alpha value is -3.10. The largest absolute Gasteiger partial charge is 0.466 e. The molecule has 0 heterocycles. The second-order valence-corrected chi connectivity index (χ2v) is 10.2. The minimum absolute atomic E-state index is 0.0227. The van der Waals surface area contributed by atoms with Crippen LogP contribution in [0.5, 0.6) is 0 Å². The van der Waals surface area contributed by atoms with Gasteiger partial charge < -0.3 is 25.0 Å². The molecular formula is C28H45N3O6. The highest BCUT2D eigenvalue weighted by molar-refractivity contribution is 5.92. The third kappa shape index (κ3) is 10.1. The van der Waals surface area contributed by atoms with Gasteiger partial charge >= 0.3 is 12.1 Å². The summed E-state index contributed by atoms with van der Waals surface area (Å²) in [6.45, 7) is 17.0. The molecular weight excluding hydrogens is 474 g/mol. The predicted molar refractivity (Wildman–Crippen MR) is 143 cm³/mol. The number of esters is 1. The Balaban J connectivity index is 3.38. The minimum Gasteiger partial charge on any atom is -0.466 e. The minimum atomic E-state index is -0.952. The van der Waals surface area contributed by atoms with E-state index < -0.39 is 35.7 Å². The standard InChI is InChI=1S/C28H45N3O6/c1-10-19(5)23(30-27(35)37-28(7,8)9)26(34)31(11-2)24(21-17-18(4)13-14-20(21)6)25(33)29-16-15-22(32)36-12-3/h13-14,17,19,23-24H,10-12,15-16H2,1-9H3,(H,29,33)(H,30,35). The molecule has 3 unspecified atom stereocenters. The second kappa shape index (κ2) is 14.6. The zero-order chi connectivity index (χ0) is 28.3. The van der Waals surface area contributed by atoms with Crippen LogP contribution in [0.2, 0.25) is 0 Å². The van der Waals surface area contributed by atoms with Crippen molar-refractivity contribution in [2.45, 2.75) is 92.8 Å². The van der Waals surface area contributed by atoms with Gasteiger partial charge in [-0.2, -0.15) is 0 Å². The van der Waals surface area contributed by atoms with Crippen LogP contribution in [0.3, 0.4) is 0 Å². The van der Waals surface area contributed by atoms with E-state index in [1.165, 1.54) is 4.90 Å². The van der Waals surface area contributed by atoms with Gasteiger partial charge in [0.05, 0.1) is 13.0 Å². The molecule has 37 heavy (non-hydrogen) atoms. The first kappa shape index (κ1) is 31.9. The lowest BCUT2D eigenvalue weighted by Gasteiger charge is -2.36. The summed E-state index contributed by atoms with van der Waals surface area (Å²) in [5.74, 6) is -1.41. The maximum atomic E-state index is 14.0. The molecule has 1 aromatic rings. The SMILES string of the molecule is CCOC(=O)CCNC(=O)C(c1cc(C)ccc1C)N(CC)C(=O)C(NC(=O)OC(C)(C)C)C(C)CC. The summed E-state index contributed by atoms with van der Waals surface area (Å²) >= 11 is 0. The maximum Gasteiger partial charge on any atom is 0.408 e. The van der Waals surface area contributed by atoms with Gasteiger partial charge in [0, 0.05) is 13.1 Å². The van der Waals surface area contributed by atoms with Gasteiger partial charge in [-0.3, -0.25) is 14.4 Å². The molecule has 3 amide bonds. The number of amides is 3. The first-order chi connectivity index (χ1) is 17.2. The number of carbonyl (C=O) groups is 4. The second-order valence-electron chi connectivity index (χ2n) is 10.2. The number of aryl methyl sites for hydroxylation is 2. The van der Waals surface area contributed by atoms with Gasteiger partial charge in [-0.1, -0.05) is 44.0 Å². The van der Waals surface area contributed by atoms with Crippen LogP contribution < -0.4 is 10.6 Å². The van der Waals surface area contributed by atoms with Crippen LogP contribution >= 0.6 is 0 Å². The van der Waals surface area contributed by atoms with Crippen molar-refractivity contribution < 1.29 is 28.7 Å². The summed E-state index contributed by atoms with van der Waals surface area (Å²) < 4.78 is 10.4. The Morgan fingerprint density at radius 1 is 1.05 bits per heavy atom. The molecule has 3 atom stereocenters. The molecule has 0 spiro atoms. The average molecular weight is 520 g/mol. The topological polar surface area (TPSA) is 114 Å². The number of rotatable bonds is 12. The Morgan fingerprint density at radius 3 is 2.24 bits per heavy atom. The summed E-state index contributed by atoms with van der Waals surface area (Å²) in [5.41, 5.74) is 1.75. The van der Waals surface area contributed by atoms with Gasteiger partial charge in [-0.05, 0) is 65.5 Å². The molecule has 0 saturated carbocycles. The van der Waals surface area contributed by atoms with Crippen LogP contribution in [0.15, 0.2) is 18.2 Å². The number of nitrogens with one attached hydrogen (secondary N) is 2. The number of nitrogens with zero attached hydrogens (tertiary/aromatic N) is 1. The number of carbonyl (C=O) groups excluding carboxylic acids is 4. The van der Waals surface area contributed by atoms with Crippen molar-refractivity contribution in [1.29, 1.82) is 0 Å². The lowest BCUT2D eigenvalue weighted by Crippen LogP contribution is -2.55. The molecule has 1 rings (SSSR count). The van der Waals surface area contributed by atoms with Gasteiger partial charge in [0.25, 0.3) is 0 Å². The molecule has 0 bridgehead atoms. The summed E-state index contributed by atoms with van der Waals surface area (Å²) in [6, 6.07) is 3.90. The molecule has 1 aromatic carbocycles. The van der Waals surface area contributed by atoms with Crippen molar-refractivity contribution >= 4 is 23.9 Å². The Morgan fingerprint density at radius 2 is 1.70 bits per heavy atom. The fraction of sp³-hybridized carbons (Fsp3) is 0.643. The summed E-state index contributed by atoms with van der Waals surface area (Å²) in [5, 5.41) is 5.53. The van der Waals surface area contributed by atoms with Crippen molar-refractivity contribution in [2.24, 2.45) is 5.92 Å². The molecule has 0 aliphatic rings. The lowest BCUT2D eigenvalue weighted by molar-refractivity contribution is -0.144. The molecule has 9 heteroatoms. The maximum absolute atomic E-state index is 14.0. The van der Waals surface area contributed by atoms with E-state index in [-0.39, 0.29) is 37.9 Å². The molecule has 0 fully saturated rings. The molecule has 0 aliphatic heterocycles. The zero-order valence-corrected chi connectivity index (χ0v) is 23.9. The van der Waals surface area contributed by atoms with E-state index >= 15 is 0 Å². The highest BCUT2D eigenvalue weighted by atomic mass is 16.6. The van der Waals surface area contributed by atoms with Crippen molar-refractivity contribution in [3.8, 4) is 0 Å². The number of ether oxygens (including phenoxy) is 2. The van der Waals surface area contributed by atoms with Gasteiger partial charge in [-0.15, -0.1) is 0 Å². The van der Waals surface area contributed by atoms with Crippen LogP contribution in [-0.4, -0.2) is 60.1 Å². The van der Waals surface area contributed by atoms with Crippen LogP contribution in [-0.2, 0) is 23.9 Å². The van der Waals surface area contributed by atoms with Gasteiger partial charge in [0.1, 0.15) is 17.7 Å². The highest BCUT2D eigenvalue weighted by Gasteiger charge is 2.38. The van der Waals surface area contributed by atoms with Crippen molar-refractivity contribution in [3.63, 3.8) is 0 Å². The normalized spacial score (nSPS) is 13.6. The van der Waals surface area contributed by atoms with Crippen molar-refractivity contribution in [1.82, 2.24) is 15.5 Å². The number of benzene rings is 1. The fourth-order valence-corrected chi connectivity index (χ4v) is 3.88. The fourth-order valence-electron chi connectivity index (χ4n) is 3.88. The number of hydrogen-bond acceptors (Lipinski definition) is 6. The molecule has 0 saturated heterocycles. The Bertz CT molecular complexity index is 940.